The summed E-state index contributed by atoms with van der Waals surface area (Å²) in [7, 11) is 0. The van der Waals surface area contributed by atoms with Gasteiger partial charge in [-0.05, 0) is 18.2 Å². The van der Waals surface area contributed by atoms with E-state index in [4.69, 9.17) is 5.26 Å². The molecule has 0 aliphatic carbocycles. The fraction of sp³-hybridized carbons (Fsp3) is 0.182. The second-order valence-corrected chi connectivity index (χ2v) is 3.15. The molecule has 1 rings (SSSR count). The normalized spacial score (nSPS) is 9.38. The molecule has 4 nitrogen and oxygen atoms in total. The molecule has 0 spiro atoms. The van der Waals surface area contributed by atoms with Crippen LogP contribution >= 0.6 is 0 Å². The Morgan fingerprint density at radius 1 is 1.31 bits per heavy atom. The van der Waals surface area contributed by atoms with Crippen LogP contribution in [0.15, 0.2) is 18.2 Å². The molecular weight excluding hydrogens is 211 g/mol. The summed E-state index contributed by atoms with van der Waals surface area (Å²) in [4.78, 5) is 23.3. The monoisotopic (exact) mass is 220 g/mol. The van der Waals surface area contributed by atoms with Crippen LogP contribution in [-0.4, -0.2) is 11.8 Å². The number of carbonyl (C=O) groups excluding carboxylic acids is 2. The molecule has 0 aromatic heterocycles. The number of carbonyl (C=O) groups is 2. The Morgan fingerprint density at radius 3 is 2.31 bits per heavy atom. The molecule has 0 fully saturated rings. The first kappa shape index (κ1) is 11.9. The smallest absolute Gasteiger partial charge is 0.230 e. The highest BCUT2D eigenvalue weighted by atomic mass is 19.1. The van der Waals surface area contributed by atoms with E-state index in [0.717, 1.165) is 17.0 Å². The first-order valence-electron chi connectivity index (χ1n) is 4.48. The maximum Gasteiger partial charge on any atom is 0.230 e. The van der Waals surface area contributed by atoms with Crippen LogP contribution in [0.1, 0.15) is 19.4 Å². The quantitative estimate of drug-likeness (QED) is 0.722. The fourth-order valence-electron chi connectivity index (χ4n) is 1.35. The van der Waals surface area contributed by atoms with Crippen LogP contribution in [0.5, 0.6) is 0 Å². The van der Waals surface area contributed by atoms with Crippen LogP contribution in [0.2, 0.25) is 0 Å². The van der Waals surface area contributed by atoms with Gasteiger partial charge in [0.1, 0.15) is 11.9 Å². The summed E-state index contributed by atoms with van der Waals surface area (Å²) in [5.74, 6) is -1.63. The second-order valence-electron chi connectivity index (χ2n) is 3.15. The number of benzene rings is 1. The van der Waals surface area contributed by atoms with Crippen molar-refractivity contribution in [1.29, 1.82) is 5.26 Å². The Balaban J connectivity index is 3.36. The lowest BCUT2D eigenvalue weighted by Gasteiger charge is -2.18. The Labute approximate surface area is 91.9 Å². The molecule has 5 heteroatoms. The molecule has 0 N–H and O–H groups in total. The second kappa shape index (κ2) is 4.53. The molecule has 1 aromatic rings. The first-order chi connectivity index (χ1) is 7.47. The molecule has 0 bridgehead atoms. The van der Waals surface area contributed by atoms with Crippen molar-refractivity contribution < 1.29 is 14.0 Å². The van der Waals surface area contributed by atoms with Crippen molar-refractivity contribution in [2.75, 3.05) is 4.90 Å². The molecule has 0 aliphatic rings. The maximum atomic E-state index is 12.9. The van der Waals surface area contributed by atoms with Gasteiger partial charge in [0.25, 0.3) is 0 Å². The summed E-state index contributed by atoms with van der Waals surface area (Å²) in [5.41, 5.74) is 0.0503. The predicted molar refractivity (Wildman–Crippen MR) is 55.0 cm³/mol. The lowest BCUT2D eigenvalue weighted by atomic mass is 10.1. The SMILES string of the molecule is CC(=O)N(C(C)=O)c1ccc(F)cc1C#N. The summed E-state index contributed by atoms with van der Waals surface area (Å²) in [6.07, 6.45) is 0. The van der Waals surface area contributed by atoms with E-state index in [1.54, 1.807) is 6.07 Å². The van der Waals surface area contributed by atoms with Crippen molar-refractivity contribution in [2.45, 2.75) is 13.8 Å². The van der Waals surface area contributed by atoms with Gasteiger partial charge in [-0.3, -0.25) is 9.59 Å². The minimum Gasteiger partial charge on any atom is -0.274 e. The molecule has 82 valence electrons. The molecule has 0 atom stereocenters. The van der Waals surface area contributed by atoms with E-state index >= 15 is 0 Å². The van der Waals surface area contributed by atoms with Crippen molar-refractivity contribution >= 4 is 17.5 Å². The van der Waals surface area contributed by atoms with E-state index in [1.165, 1.54) is 19.9 Å². The number of hydrogen-bond donors (Lipinski definition) is 0. The van der Waals surface area contributed by atoms with Gasteiger partial charge >= 0.3 is 0 Å². The minimum atomic E-state index is -0.590. The Morgan fingerprint density at radius 2 is 1.88 bits per heavy atom. The number of imide groups is 1. The number of nitrogens with zero attached hydrogens (tertiary/aromatic N) is 2. The number of hydrogen-bond acceptors (Lipinski definition) is 3. The molecule has 0 saturated heterocycles. The van der Waals surface area contributed by atoms with Crippen molar-refractivity contribution in [3.63, 3.8) is 0 Å². The van der Waals surface area contributed by atoms with Gasteiger partial charge in [0, 0.05) is 13.8 Å². The highest BCUT2D eigenvalue weighted by Crippen LogP contribution is 2.21. The predicted octanol–water partition coefficient (Wildman–Crippen LogP) is 1.60. The molecule has 0 heterocycles. The van der Waals surface area contributed by atoms with Crippen LogP contribution in [0.4, 0.5) is 10.1 Å². The molecule has 0 unspecified atom stereocenters. The van der Waals surface area contributed by atoms with Crippen LogP contribution in [0.25, 0.3) is 0 Å². The number of halogens is 1. The fourth-order valence-corrected chi connectivity index (χ4v) is 1.35. The lowest BCUT2D eigenvalue weighted by Crippen LogP contribution is -2.33. The van der Waals surface area contributed by atoms with Crippen LogP contribution in [-0.2, 0) is 9.59 Å². The average molecular weight is 220 g/mol. The molecule has 2 amide bonds. The van der Waals surface area contributed by atoms with E-state index in [9.17, 15) is 14.0 Å². The summed E-state index contributed by atoms with van der Waals surface area (Å²) in [5, 5.41) is 8.79. The van der Waals surface area contributed by atoms with Crippen molar-refractivity contribution in [3.05, 3.63) is 29.6 Å². The molecule has 1 aromatic carbocycles. The van der Waals surface area contributed by atoms with Crippen LogP contribution < -0.4 is 4.90 Å². The van der Waals surface area contributed by atoms with Gasteiger partial charge in [0.05, 0.1) is 11.3 Å². The highest BCUT2D eigenvalue weighted by Gasteiger charge is 2.19. The molecule has 0 radical (unpaired) electrons. The molecular formula is C11H9FN2O2. The van der Waals surface area contributed by atoms with E-state index in [0.29, 0.717) is 0 Å². The van der Waals surface area contributed by atoms with Crippen LogP contribution in [0.3, 0.4) is 0 Å². The number of anilines is 1. The van der Waals surface area contributed by atoms with Gasteiger partial charge in [0.2, 0.25) is 11.8 Å². The number of amides is 2. The Kier molecular flexibility index (Phi) is 3.36. The average Bonchev–Trinajstić information content (AvgIpc) is 2.19. The van der Waals surface area contributed by atoms with Crippen molar-refractivity contribution in [2.24, 2.45) is 0 Å². The number of rotatable bonds is 1. The van der Waals surface area contributed by atoms with E-state index < -0.39 is 17.6 Å². The van der Waals surface area contributed by atoms with E-state index in [1.807, 2.05) is 0 Å². The Hall–Kier alpha value is -2.22. The molecule has 16 heavy (non-hydrogen) atoms. The summed E-state index contributed by atoms with van der Waals surface area (Å²) in [6, 6.07) is 5.05. The van der Waals surface area contributed by atoms with Gasteiger partial charge < -0.3 is 0 Å². The largest absolute Gasteiger partial charge is 0.274 e. The van der Waals surface area contributed by atoms with E-state index in [2.05, 4.69) is 0 Å². The zero-order chi connectivity index (χ0) is 12.3. The van der Waals surface area contributed by atoms with Gasteiger partial charge in [0.15, 0.2) is 0 Å². The Bertz CT molecular complexity index is 477. The zero-order valence-electron chi connectivity index (χ0n) is 8.82. The minimum absolute atomic E-state index is 0.0506. The first-order valence-corrected chi connectivity index (χ1v) is 4.48. The van der Waals surface area contributed by atoms with Gasteiger partial charge in [-0.1, -0.05) is 0 Å². The van der Waals surface area contributed by atoms with Gasteiger partial charge in [-0.15, -0.1) is 0 Å². The lowest BCUT2D eigenvalue weighted by molar-refractivity contribution is -0.124. The molecule has 0 aliphatic heterocycles. The maximum absolute atomic E-state index is 12.9. The zero-order valence-corrected chi connectivity index (χ0v) is 8.82. The highest BCUT2D eigenvalue weighted by molar-refractivity contribution is 6.13. The standard InChI is InChI=1S/C11H9FN2O2/c1-7(15)14(8(2)16)11-4-3-10(12)5-9(11)6-13/h3-5H,1-2H3. The third-order valence-electron chi connectivity index (χ3n) is 1.95. The summed E-state index contributed by atoms with van der Waals surface area (Å²) < 4.78 is 12.9. The number of nitriles is 1. The van der Waals surface area contributed by atoms with Gasteiger partial charge in [-0.2, -0.15) is 5.26 Å². The third-order valence-corrected chi connectivity index (χ3v) is 1.95. The van der Waals surface area contributed by atoms with E-state index in [-0.39, 0.29) is 11.3 Å². The molecule has 0 saturated carbocycles. The van der Waals surface area contributed by atoms with Gasteiger partial charge in [-0.25, -0.2) is 9.29 Å². The van der Waals surface area contributed by atoms with Crippen LogP contribution in [0, 0.1) is 17.1 Å². The topological polar surface area (TPSA) is 61.2 Å². The summed E-state index contributed by atoms with van der Waals surface area (Å²) >= 11 is 0. The van der Waals surface area contributed by atoms with Crippen molar-refractivity contribution in [1.82, 2.24) is 0 Å². The summed E-state index contributed by atoms with van der Waals surface area (Å²) in [6.45, 7) is 2.40. The third kappa shape index (κ3) is 2.23. The van der Waals surface area contributed by atoms with Crippen molar-refractivity contribution in [3.8, 4) is 6.07 Å².